The summed E-state index contributed by atoms with van der Waals surface area (Å²) in [5.41, 5.74) is -5.38. The van der Waals surface area contributed by atoms with Crippen molar-refractivity contribution in [2.45, 2.75) is 185 Å². The lowest BCUT2D eigenvalue weighted by atomic mass is 9.77. The number of carbonyl (C=O) groups is 3. The number of esters is 1. The summed E-state index contributed by atoms with van der Waals surface area (Å²) in [6.45, 7) is 26.2. The minimum absolute atomic E-state index is 0.0272. The number of hydrogen-bond acceptors (Lipinski definition) is 19. The molecule has 21 heteroatoms. The summed E-state index contributed by atoms with van der Waals surface area (Å²) in [5.74, 6) is -3.74. The van der Waals surface area contributed by atoms with Crippen molar-refractivity contribution in [2.75, 3.05) is 41.0 Å². The zero-order valence-electron chi connectivity index (χ0n) is 42.2. The Bertz CT molecular complexity index is 1810. The van der Waals surface area contributed by atoms with E-state index in [1.807, 2.05) is 11.8 Å². The Kier molecular flexibility index (Phi) is 21.5. The molecule has 3 fully saturated rings. The number of carbonyl (C=O) groups excluding carboxylic acids is 3. The number of rotatable bonds is 15. The van der Waals surface area contributed by atoms with Crippen LogP contribution in [0, 0.1) is 17.8 Å². The molecule has 0 saturated carbocycles. The van der Waals surface area contributed by atoms with Crippen LogP contribution >= 0.6 is 0 Å². The Hall–Kier alpha value is -3.22. The molecule has 1 amide bonds. The predicted molar refractivity (Wildman–Crippen MR) is 248 cm³/mol. The highest BCUT2D eigenvalue weighted by Gasteiger charge is 2.54. The van der Waals surface area contributed by atoms with Crippen molar-refractivity contribution in [2.24, 2.45) is 17.8 Å². The van der Waals surface area contributed by atoms with Gasteiger partial charge in [-0.2, -0.15) is 8.42 Å². The van der Waals surface area contributed by atoms with Gasteiger partial charge in [-0.05, 0) is 87.7 Å². The predicted octanol–water partition coefficient (Wildman–Crippen LogP) is 4.44. The van der Waals surface area contributed by atoms with Crippen LogP contribution in [0.5, 0.6) is 0 Å². The van der Waals surface area contributed by atoms with Crippen LogP contribution in [0.2, 0.25) is 0 Å². The van der Waals surface area contributed by atoms with Crippen LogP contribution in [0.25, 0.3) is 0 Å². The molecule has 0 unspecified atom stereocenters. The van der Waals surface area contributed by atoms with E-state index in [4.69, 9.17) is 46.8 Å². The average molecular weight is 993 g/mol. The van der Waals surface area contributed by atoms with E-state index in [1.165, 1.54) is 51.9 Å². The minimum Gasteiger partial charge on any atom is -0.459 e. The van der Waals surface area contributed by atoms with Gasteiger partial charge in [0.1, 0.15) is 37.1 Å². The summed E-state index contributed by atoms with van der Waals surface area (Å²) in [7, 11) is 0.777. The smallest absolute Gasteiger partial charge is 0.459 e. The quantitative estimate of drug-likeness (QED) is 0.0889. The van der Waals surface area contributed by atoms with E-state index < -0.39 is 136 Å². The number of nitrogens with zero attached hydrogens (tertiary/aromatic N) is 2. The first kappa shape index (κ1) is 59.1. The summed E-state index contributed by atoms with van der Waals surface area (Å²) < 4.78 is 85.7. The monoisotopic (exact) mass is 993 g/mol. The van der Waals surface area contributed by atoms with Gasteiger partial charge in [-0.1, -0.05) is 52.7 Å². The Morgan fingerprint density at radius 2 is 1.54 bits per heavy atom. The Morgan fingerprint density at radius 3 is 2.10 bits per heavy atom. The largest absolute Gasteiger partial charge is 0.509 e. The van der Waals surface area contributed by atoms with Crippen LogP contribution < -0.4 is 0 Å². The third-order valence-electron chi connectivity index (χ3n) is 13.4. The van der Waals surface area contributed by atoms with Gasteiger partial charge in [0.25, 0.3) is 10.1 Å². The molecule has 392 valence electrons. The van der Waals surface area contributed by atoms with Crippen LogP contribution in [-0.2, 0) is 61.7 Å². The van der Waals surface area contributed by atoms with Crippen molar-refractivity contribution >= 4 is 28.3 Å². The molecule has 0 aromatic rings. The third kappa shape index (κ3) is 14.7. The molecule has 3 N–H and O–H groups in total. The number of likely N-dealkylation sites (N-methyl/N-ethyl adjacent to an activating group) is 1. The summed E-state index contributed by atoms with van der Waals surface area (Å²) in [6, 6.07) is -1.60. The van der Waals surface area contributed by atoms with Gasteiger partial charge in [0, 0.05) is 26.0 Å². The molecule has 20 nitrogen and oxygen atoms in total. The molecule has 3 aliphatic rings. The van der Waals surface area contributed by atoms with Gasteiger partial charge in [0.05, 0.1) is 59.0 Å². The summed E-state index contributed by atoms with van der Waals surface area (Å²) in [4.78, 5) is 44.6. The lowest BCUT2D eigenvalue weighted by Crippen LogP contribution is -2.61. The second-order valence-corrected chi connectivity index (χ2v) is 20.9. The summed E-state index contributed by atoms with van der Waals surface area (Å²) in [6.07, 6.45) is -10.8. The van der Waals surface area contributed by atoms with Gasteiger partial charge < -0.3 is 67.8 Å². The van der Waals surface area contributed by atoms with E-state index in [9.17, 15) is 38.1 Å². The molecule has 18 atom stereocenters. The van der Waals surface area contributed by atoms with Crippen molar-refractivity contribution in [3.63, 3.8) is 0 Å². The molecule has 0 spiro atoms. The molecule has 0 radical (unpaired) electrons. The molecule has 3 aliphatic heterocycles. The van der Waals surface area contributed by atoms with Gasteiger partial charge in [-0.25, -0.2) is 9.59 Å². The van der Waals surface area contributed by atoms with Gasteiger partial charge in [-0.3, -0.25) is 8.98 Å². The SMILES string of the molecule is C=CCOC(=O)O[C@H]1[C@H](O[C@@H]2[C@@H](C)[C@H](O[C@H]3C[C@@](C)(OC)[C@@H](OS(=O)(=O)C=C)[C@H](C)O3)[C@@H](C)C(=O)O[C@H](CC)[C@@](C)(O)[C@H](O)[C@@H](C)N(C(=O)OCC=C)C[C@H](C)C[C@@]2(C)O)O[C@H](C)C[C@@H]1N(C)C. The molecule has 0 aromatic heterocycles. The fourth-order valence-electron chi connectivity index (χ4n) is 9.70. The number of aliphatic hydroxyl groups is 3. The molecular formula is C47H80N2O18S. The maximum absolute atomic E-state index is 14.6. The van der Waals surface area contributed by atoms with Crippen LogP contribution in [0.15, 0.2) is 37.3 Å². The first-order chi connectivity index (χ1) is 31.5. The topological polar surface area (TPSA) is 245 Å². The average Bonchev–Trinajstić information content (AvgIpc) is 3.26. The molecule has 3 saturated heterocycles. The molecule has 3 rings (SSSR count). The molecular weight excluding hydrogens is 913 g/mol. The van der Waals surface area contributed by atoms with Crippen LogP contribution in [0.1, 0.15) is 94.9 Å². The number of methoxy groups -OCH3 is 1. The van der Waals surface area contributed by atoms with E-state index in [2.05, 4.69) is 19.7 Å². The lowest BCUT2D eigenvalue weighted by Gasteiger charge is -2.49. The maximum Gasteiger partial charge on any atom is 0.509 e. The van der Waals surface area contributed by atoms with Gasteiger partial charge in [-0.15, -0.1) is 0 Å². The highest BCUT2D eigenvalue weighted by Crippen LogP contribution is 2.41. The van der Waals surface area contributed by atoms with Crippen LogP contribution in [0.4, 0.5) is 9.59 Å². The number of hydrogen-bond donors (Lipinski definition) is 3. The standard InChI is InChI=1S/C47H80N2O18S/c1-17-21-59-43(52)49-26-27(5)24-45(11,54)39(66-42-37(65-44(53)60-22-18-2)33(48(14)15)23-28(6)61-42)29(7)36(30(8)41(51)63-34(19-3)47(13,55)38(50)31(49)9)64-35-25-46(12,58-16)40(32(10)62-35)67-68(56,57)20-4/h17-18,20,27-40,42,50,54-55H,1-2,4,19,21-26H2,3,5-16H3/t27-,28-,29+,30-,31-,32+,33+,34-,35+,36+,37-,38-,39-,40+,42+,45-,46-,47-/m1/s1. The van der Waals surface area contributed by atoms with Crippen molar-refractivity contribution in [1.29, 1.82) is 0 Å². The van der Waals surface area contributed by atoms with Crippen LogP contribution in [-0.4, -0.2) is 183 Å². The van der Waals surface area contributed by atoms with E-state index in [0.29, 0.717) is 11.8 Å². The number of cyclic esters (lactones) is 1. The summed E-state index contributed by atoms with van der Waals surface area (Å²) in [5, 5.41) is 37.6. The van der Waals surface area contributed by atoms with E-state index in [-0.39, 0.29) is 39.0 Å². The molecule has 0 aromatic carbocycles. The molecule has 3 heterocycles. The number of amides is 1. The van der Waals surface area contributed by atoms with E-state index >= 15 is 0 Å². The van der Waals surface area contributed by atoms with Crippen molar-refractivity contribution in [3.8, 4) is 0 Å². The zero-order valence-corrected chi connectivity index (χ0v) is 43.0. The molecule has 68 heavy (non-hydrogen) atoms. The first-order valence-electron chi connectivity index (χ1n) is 23.2. The van der Waals surface area contributed by atoms with Gasteiger partial charge >= 0.3 is 18.2 Å². The highest BCUT2D eigenvalue weighted by molar-refractivity contribution is 7.89. The van der Waals surface area contributed by atoms with Gasteiger partial charge in [0.2, 0.25) is 0 Å². The Balaban J connectivity index is 2.32. The van der Waals surface area contributed by atoms with Gasteiger partial charge in [0.15, 0.2) is 18.7 Å². The minimum atomic E-state index is -4.21. The zero-order chi connectivity index (χ0) is 51.7. The second kappa shape index (κ2) is 24.8. The van der Waals surface area contributed by atoms with Crippen molar-refractivity contribution in [3.05, 3.63) is 37.3 Å². The van der Waals surface area contributed by atoms with E-state index in [0.717, 1.165) is 0 Å². The number of ether oxygens (including phenoxy) is 9. The Labute approximate surface area is 403 Å². The third-order valence-corrected chi connectivity index (χ3v) is 14.3. The highest BCUT2D eigenvalue weighted by atomic mass is 32.2. The van der Waals surface area contributed by atoms with Crippen molar-refractivity contribution in [1.82, 2.24) is 9.80 Å². The molecule has 0 aliphatic carbocycles. The molecule has 0 bridgehead atoms. The fourth-order valence-corrected chi connectivity index (χ4v) is 10.4. The van der Waals surface area contributed by atoms with Crippen LogP contribution in [0.3, 0.4) is 0 Å². The first-order valence-corrected chi connectivity index (χ1v) is 24.7. The normalized spacial score (nSPS) is 40.2. The Morgan fingerprint density at radius 1 is 0.926 bits per heavy atom. The number of aliphatic hydroxyl groups excluding tert-OH is 1. The van der Waals surface area contributed by atoms with E-state index in [1.54, 1.807) is 48.7 Å². The fraction of sp³-hybridized carbons (Fsp3) is 0.809. The second-order valence-electron chi connectivity index (χ2n) is 19.4. The lowest BCUT2D eigenvalue weighted by molar-refractivity contribution is -0.316. The summed E-state index contributed by atoms with van der Waals surface area (Å²) >= 11 is 0. The maximum atomic E-state index is 14.6. The van der Waals surface area contributed by atoms with Crippen molar-refractivity contribution < 1.29 is 84.9 Å².